The number of benzene rings is 1. The number of nitrogens with zero attached hydrogens (tertiary/aromatic N) is 3. The third-order valence-corrected chi connectivity index (χ3v) is 2.09. The van der Waals surface area contributed by atoms with Crippen molar-refractivity contribution in [3.8, 4) is 11.5 Å². The lowest BCUT2D eigenvalue weighted by Crippen LogP contribution is -2.00. The Morgan fingerprint density at radius 2 is 2.22 bits per heavy atom. The van der Waals surface area contributed by atoms with Crippen LogP contribution in [0.5, 0.6) is 0 Å². The van der Waals surface area contributed by atoms with Gasteiger partial charge in [0.1, 0.15) is 0 Å². The Morgan fingerprint density at radius 3 is 2.89 bits per heavy atom. The fraction of sp³-hybridized carbons (Fsp3) is 0.100. The SMILES string of the molecule is COC(=O)c1nnc(-c2cccc([N+](=O)[O-])c2)o1. The Bertz CT molecular complexity index is 607. The molecule has 2 aromatic rings. The molecule has 0 spiro atoms. The van der Waals surface area contributed by atoms with Gasteiger partial charge in [0.25, 0.3) is 5.69 Å². The average Bonchev–Trinajstić information content (AvgIpc) is 2.87. The average molecular weight is 249 g/mol. The molecular weight excluding hydrogens is 242 g/mol. The van der Waals surface area contributed by atoms with Gasteiger partial charge >= 0.3 is 11.9 Å². The fourth-order valence-corrected chi connectivity index (χ4v) is 1.26. The van der Waals surface area contributed by atoms with E-state index in [2.05, 4.69) is 14.9 Å². The summed E-state index contributed by atoms with van der Waals surface area (Å²) in [5.74, 6) is -1.06. The highest BCUT2D eigenvalue weighted by molar-refractivity contribution is 5.84. The lowest BCUT2D eigenvalue weighted by Gasteiger charge is -1.94. The Morgan fingerprint density at radius 1 is 1.44 bits per heavy atom. The largest absolute Gasteiger partial charge is 0.462 e. The molecule has 0 fully saturated rings. The summed E-state index contributed by atoms with van der Waals surface area (Å²) in [6, 6.07) is 5.65. The van der Waals surface area contributed by atoms with Gasteiger partial charge in [0.2, 0.25) is 5.89 Å². The summed E-state index contributed by atoms with van der Waals surface area (Å²) in [7, 11) is 1.18. The number of ether oxygens (including phenoxy) is 1. The van der Waals surface area contributed by atoms with Gasteiger partial charge in [-0.05, 0) is 6.07 Å². The van der Waals surface area contributed by atoms with Crippen LogP contribution in [-0.4, -0.2) is 28.2 Å². The topological polar surface area (TPSA) is 108 Å². The highest BCUT2D eigenvalue weighted by Gasteiger charge is 2.17. The van der Waals surface area contributed by atoms with E-state index in [4.69, 9.17) is 4.42 Å². The number of hydrogen-bond acceptors (Lipinski definition) is 7. The second kappa shape index (κ2) is 4.62. The first-order valence-corrected chi connectivity index (χ1v) is 4.78. The maximum Gasteiger partial charge on any atom is 0.396 e. The summed E-state index contributed by atoms with van der Waals surface area (Å²) in [4.78, 5) is 21.2. The van der Waals surface area contributed by atoms with E-state index in [1.807, 2.05) is 0 Å². The molecule has 18 heavy (non-hydrogen) atoms. The van der Waals surface area contributed by atoms with E-state index in [0.717, 1.165) is 0 Å². The number of carbonyl (C=O) groups excluding carboxylic acids is 1. The first kappa shape index (κ1) is 11.7. The number of methoxy groups -OCH3 is 1. The maximum absolute atomic E-state index is 11.1. The van der Waals surface area contributed by atoms with Crippen molar-refractivity contribution in [2.45, 2.75) is 0 Å². The molecule has 0 aliphatic rings. The van der Waals surface area contributed by atoms with Crippen LogP contribution in [-0.2, 0) is 4.74 Å². The number of nitro groups is 1. The quantitative estimate of drug-likeness (QED) is 0.459. The zero-order valence-electron chi connectivity index (χ0n) is 9.19. The standard InChI is InChI=1S/C10H7N3O5/c1-17-10(14)9-12-11-8(18-9)6-3-2-4-7(5-6)13(15)16/h2-5H,1H3. The molecule has 0 N–H and O–H groups in total. The smallest absolute Gasteiger partial charge is 0.396 e. The van der Waals surface area contributed by atoms with Gasteiger partial charge in [-0.1, -0.05) is 6.07 Å². The van der Waals surface area contributed by atoms with Crippen LogP contribution < -0.4 is 0 Å². The number of carbonyl (C=O) groups is 1. The number of esters is 1. The van der Waals surface area contributed by atoms with E-state index in [1.54, 1.807) is 6.07 Å². The summed E-state index contributed by atoms with van der Waals surface area (Å²) in [6.07, 6.45) is 0. The maximum atomic E-state index is 11.1. The van der Waals surface area contributed by atoms with Gasteiger partial charge in [-0.2, -0.15) is 0 Å². The van der Waals surface area contributed by atoms with Crippen LogP contribution in [0.25, 0.3) is 11.5 Å². The van der Waals surface area contributed by atoms with E-state index in [1.165, 1.54) is 25.3 Å². The molecule has 0 amide bonds. The van der Waals surface area contributed by atoms with Crippen molar-refractivity contribution in [3.05, 3.63) is 40.3 Å². The monoisotopic (exact) mass is 249 g/mol. The van der Waals surface area contributed by atoms with Crippen LogP contribution in [0.4, 0.5) is 5.69 Å². The summed E-state index contributed by atoms with van der Waals surface area (Å²) >= 11 is 0. The summed E-state index contributed by atoms with van der Waals surface area (Å²) in [6.45, 7) is 0. The summed E-state index contributed by atoms with van der Waals surface area (Å²) in [5, 5.41) is 17.7. The highest BCUT2D eigenvalue weighted by atomic mass is 16.6. The Balaban J connectivity index is 2.37. The molecule has 8 nitrogen and oxygen atoms in total. The second-order valence-corrected chi connectivity index (χ2v) is 3.21. The van der Waals surface area contributed by atoms with Crippen molar-refractivity contribution in [1.82, 2.24) is 10.2 Å². The number of hydrogen-bond donors (Lipinski definition) is 0. The molecule has 0 saturated carbocycles. The van der Waals surface area contributed by atoms with Crippen molar-refractivity contribution < 1.29 is 18.9 Å². The van der Waals surface area contributed by atoms with E-state index < -0.39 is 10.9 Å². The van der Waals surface area contributed by atoms with Crippen LogP contribution in [0, 0.1) is 10.1 Å². The molecule has 8 heteroatoms. The Kier molecular flexibility index (Phi) is 3.00. The molecule has 0 unspecified atom stereocenters. The molecular formula is C10H7N3O5. The minimum Gasteiger partial charge on any atom is -0.462 e. The number of aromatic nitrogens is 2. The van der Waals surface area contributed by atoms with Crippen LogP contribution in [0.3, 0.4) is 0 Å². The zero-order valence-corrected chi connectivity index (χ0v) is 9.19. The van der Waals surface area contributed by atoms with Crippen molar-refractivity contribution in [2.24, 2.45) is 0 Å². The Labute approximate surface area is 100 Å². The second-order valence-electron chi connectivity index (χ2n) is 3.21. The van der Waals surface area contributed by atoms with Gasteiger partial charge in [-0.25, -0.2) is 4.79 Å². The van der Waals surface area contributed by atoms with Gasteiger partial charge in [-0.3, -0.25) is 10.1 Å². The van der Waals surface area contributed by atoms with Crippen molar-refractivity contribution in [2.75, 3.05) is 7.11 Å². The highest BCUT2D eigenvalue weighted by Crippen LogP contribution is 2.22. The van der Waals surface area contributed by atoms with Gasteiger partial charge in [0.05, 0.1) is 12.0 Å². The van der Waals surface area contributed by atoms with E-state index in [-0.39, 0.29) is 17.5 Å². The molecule has 0 atom stereocenters. The van der Waals surface area contributed by atoms with Gasteiger partial charge in [0, 0.05) is 17.7 Å². The van der Waals surface area contributed by atoms with Crippen LogP contribution >= 0.6 is 0 Å². The first-order valence-electron chi connectivity index (χ1n) is 4.78. The molecule has 1 aromatic carbocycles. The third kappa shape index (κ3) is 2.17. The molecule has 0 aliphatic heterocycles. The van der Waals surface area contributed by atoms with Crippen LogP contribution in [0.2, 0.25) is 0 Å². The minimum atomic E-state index is -0.765. The lowest BCUT2D eigenvalue weighted by atomic mass is 10.2. The van der Waals surface area contributed by atoms with Crippen LogP contribution in [0.1, 0.15) is 10.7 Å². The predicted octanol–water partition coefficient (Wildman–Crippen LogP) is 1.43. The number of rotatable bonds is 3. The molecule has 0 bridgehead atoms. The van der Waals surface area contributed by atoms with E-state index in [0.29, 0.717) is 5.56 Å². The van der Waals surface area contributed by atoms with Gasteiger partial charge in [-0.15, -0.1) is 10.2 Å². The van der Waals surface area contributed by atoms with Crippen LogP contribution in [0.15, 0.2) is 28.7 Å². The van der Waals surface area contributed by atoms with Gasteiger partial charge < -0.3 is 9.15 Å². The zero-order chi connectivity index (χ0) is 13.1. The van der Waals surface area contributed by atoms with Crippen molar-refractivity contribution in [3.63, 3.8) is 0 Å². The molecule has 0 radical (unpaired) electrons. The fourth-order valence-electron chi connectivity index (χ4n) is 1.26. The molecule has 2 rings (SSSR count). The minimum absolute atomic E-state index is 0.0131. The lowest BCUT2D eigenvalue weighted by molar-refractivity contribution is -0.384. The molecule has 92 valence electrons. The molecule has 1 heterocycles. The number of non-ortho nitro benzene ring substituents is 1. The first-order chi connectivity index (χ1) is 8.61. The molecule has 0 aliphatic carbocycles. The summed E-state index contributed by atoms with van der Waals surface area (Å²) in [5.41, 5.74) is 0.247. The molecule has 0 saturated heterocycles. The van der Waals surface area contributed by atoms with Crippen molar-refractivity contribution >= 4 is 11.7 Å². The summed E-state index contributed by atoms with van der Waals surface area (Å²) < 4.78 is 9.44. The van der Waals surface area contributed by atoms with E-state index in [9.17, 15) is 14.9 Å². The van der Waals surface area contributed by atoms with E-state index >= 15 is 0 Å². The normalized spacial score (nSPS) is 10.1. The van der Waals surface area contributed by atoms with Gasteiger partial charge in [0.15, 0.2) is 0 Å². The van der Waals surface area contributed by atoms with Crippen molar-refractivity contribution in [1.29, 1.82) is 0 Å². The number of nitro benzene ring substituents is 1. The predicted molar refractivity (Wildman–Crippen MR) is 57.7 cm³/mol. The third-order valence-electron chi connectivity index (χ3n) is 2.09. The Hall–Kier alpha value is -2.77. The molecule has 1 aromatic heterocycles.